The summed E-state index contributed by atoms with van der Waals surface area (Å²) in [6.45, 7) is 8.91. The molecule has 0 spiro atoms. The van der Waals surface area contributed by atoms with Crippen LogP contribution in [0.5, 0.6) is 0 Å². The van der Waals surface area contributed by atoms with Gasteiger partial charge in [0.25, 0.3) is 5.91 Å². The molecule has 8 heteroatoms. The van der Waals surface area contributed by atoms with Crippen molar-refractivity contribution in [2.45, 2.75) is 45.8 Å². The summed E-state index contributed by atoms with van der Waals surface area (Å²) in [6.07, 6.45) is 0.503. The van der Waals surface area contributed by atoms with Crippen LogP contribution >= 0.6 is 0 Å². The summed E-state index contributed by atoms with van der Waals surface area (Å²) in [5, 5.41) is 3.69. The molecule has 2 aliphatic rings. The molecule has 2 aliphatic heterocycles. The first-order valence-electron chi connectivity index (χ1n) is 13.1. The number of anilines is 2. The molecule has 8 nitrogen and oxygen atoms in total. The van der Waals surface area contributed by atoms with Crippen molar-refractivity contribution in [1.29, 1.82) is 0 Å². The Kier molecular flexibility index (Phi) is 7.08. The number of amides is 2. The summed E-state index contributed by atoms with van der Waals surface area (Å²) in [5.74, 6) is 1.31. The summed E-state index contributed by atoms with van der Waals surface area (Å²) in [7, 11) is 0. The molecule has 1 aromatic heterocycles. The smallest absolute Gasteiger partial charge is 0.273 e. The van der Waals surface area contributed by atoms with Crippen LogP contribution in [0.1, 0.15) is 60.4 Å². The Morgan fingerprint density at radius 2 is 1.51 bits per heavy atom. The van der Waals surface area contributed by atoms with E-state index in [0.717, 1.165) is 16.7 Å². The molecule has 0 saturated carbocycles. The molecule has 0 radical (unpaired) electrons. The molecule has 3 aromatic rings. The number of carbonyl (C=O) groups excluding carboxylic acids is 2. The predicted molar refractivity (Wildman–Crippen MR) is 144 cm³/mol. The van der Waals surface area contributed by atoms with Crippen molar-refractivity contribution in [2.24, 2.45) is 0 Å². The molecule has 0 bridgehead atoms. The van der Waals surface area contributed by atoms with Crippen LogP contribution < -0.4 is 10.2 Å². The third-order valence-electron chi connectivity index (χ3n) is 7.18. The van der Waals surface area contributed by atoms with E-state index in [1.807, 2.05) is 67.0 Å². The highest BCUT2D eigenvalue weighted by Crippen LogP contribution is 2.34. The first kappa shape index (κ1) is 24.7. The average Bonchev–Trinajstić information content (AvgIpc) is 3.29. The zero-order chi connectivity index (χ0) is 25.9. The molecule has 2 aromatic carbocycles. The highest BCUT2D eigenvalue weighted by molar-refractivity contribution is 5.98. The molecule has 0 unspecified atom stereocenters. The number of nitrogens with zero attached hydrogens (tertiary/aromatic N) is 5. The Hall–Kier alpha value is -3.94. The largest absolute Gasteiger partial charge is 0.359 e. The normalized spacial score (nSPS) is 15.5. The van der Waals surface area contributed by atoms with Crippen molar-refractivity contribution >= 4 is 23.6 Å². The van der Waals surface area contributed by atoms with Gasteiger partial charge in [-0.2, -0.15) is 4.98 Å². The van der Waals surface area contributed by atoms with E-state index in [9.17, 15) is 9.59 Å². The second-order valence-corrected chi connectivity index (χ2v) is 9.85. The highest BCUT2D eigenvalue weighted by atomic mass is 16.2. The molecule has 37 heavy (non-hydrogen) atoms. The van der Waals surface area contributed by atoms with Gasteiger partial charge in [-0.1, -0.05) is 67.6 Å². The van der Waals surface area contributed by atoms with E-state index in [0.29, 0.717) is 56.6 Å². The van der Waals surface area contributed by atoms with Gasteiger partial charge in [-0.05, 0) is 25.0 Å². The summed E-state index contributed by atoms with van der Waals surface area (Å²) in [6, 6.07) is 20.5. The minimum atomic E-state index is -0.142. The number of piperazine rings is 1. The fourth-order valence-electron chi connectivity index (χ4n) is 5.02. The number of nitrogens with one attached hydrogen (secondary N) is 1. The number of hydrogen-bond donors (Lipinski definition) is 1. The van der Waals surface area contributed by atoms with Gasteiger partial charge in [0, 0.05) is 44.2 Å². The molecule has 2 amide bonds. The molecule has 5 rings (SSSR count). The van der Waals surface area contributed by atoms with E-state index in [1.54, 1.807) is 0 Å². The number of hydrogen-bond acceptors (Lipinski definition) is 6. The lowest BCUT2D eigenvalue weighted by molar-refractivity contribution is -0.131. The monoisotopic (exact) mass is 498 g/mol. The van der Waals surface area contributed by atoms with Crippen molar-refractivity contribution in [3.63, 3.8) is 0 Å². The van der Waals surface area contributed by atoms with Crippen LogP contribution in [0.2, 0.25) is 0 Å². The van der Waals surface area contributed by atoms with Gasteiger partial charge in [-0.15, -0.1) is 0 Å². The standard InChI is InChI=1S/C29H34N6O2/c1-4-24(36)33-15-17-34(18-16-33)29-31-26-23(19-35(20(2)3)28(26)37)27(32-29)30-25(21-11-7-5-8-12-21)22-13-9-6-10-14-22/h5-14,20,25H,4,15-19H2,1-3H3,(H,30,31,32). The molecule has 0 aliphatic carbocycles. The second kappa shape index (κ2) is 10.6. The van der Waals surface area contributed by atoms with Crippen LogP contribution in [-0.4, -0.2) is 63.8 Å². The third kappa shape index (κ3) is 5.01. The molecular weight excluding hydrogens is 464 g/mol. The van der Waals surface area contributed by atoms with Crippen molar-refractivity contribution in [2.75, 3.05) is 36.4 Å². The Morgan fingerprint density at radius 1 is 0.919 bits per heavy atom. The molecule has 1 saturated heterocycles. The molecule has 1 fully saturated rings. The van der Waals surface area contributed by atoms with Gasteiger partial charge in [-0.3, -0.25) is 9.59 Å². The van der Waals surface area contributed by atoms with Crippen LogP contribution in [0.25, 0.3) is 0 Å². The SMILES string of the molecule is CCC(=O)N1CCN(c2nc(NC(c3ccccc3)c3ccccc3)c3c(n2)C(=O)N(C(C)C)C3)CC1. The topological polar surface area (TPSA) is 81.7 Å². The van der Waals surface area contributed by atoms with E-state index in [-0.39, 0.29) is 23.9 Å². The van der Waals surface area contributed by atoms with Crippen LogP contribution in [0.15, 0.2) is 60.7 Å². The maximum Gasteiger partial charge on any atom is 0.273 e. The fraction of sp³-hybridized carbons (Fsp3) is 0.379. The summed E-state index contributed by atoms with van der Waals surface area (Å²) in [4.78, 5) is 41.1. The van der Waals surface area contributed by atoms with Crippen molar-refractivity contribution in [1.82, 2.24) is 19.8 Å². The van der Waals surface area contributed by atoms with Gasteiger partial charge in [0.1, 0.15) is 11.5 Å². The van der Waals surface area contributed by atoms with Crippen LogP contribution in [0.4, 0.5) is 11.8 Å². The lowest BCUT2D eigenvalue weighted by Crippen LogP contribution is -2.49. The molecule has 1 N–H and O–H groups in total. The van der Waals surface area contributed by atoms with Gasteiger partial charge >= 0.3 is 0 Å². The average molecular weight is 499 g/mol. The van der Waals surface area contributed by atoms with Crippen LogP contribution in [0.3, 0.4) is 0 Å². The van der Waals surface area contributed by atoms with Gasteiger partial charge in [-0.25, -0.2) is 4.98 Å². The van der Waals surface area contributed by atoms with Crippen molar-refractivity contribution in [3.8, 4) is 0 Å². The first-order valence-corrected chi connectivity index (χ1v) is 13.1. The predicted octanol–water partition coefficient (Wildman–Crippen LogP) is 4.10. The fourth-order valence-corrected chi connectivity index (χ4v) is 5.02. The van der Waals surface area contributed by atoms with E-state index in [1.165, 1.54) is 0 Å². The van der Waals surface area contributed by atoms with Crippen LogP contribution in [-0.2, 0) is 11.3 Å². The van der Waals surface area contributed by atoms with Crippen molar-refractivity contribution < 1.29 is 9.59 Å². The quantitative estimate of drug-likeness (QED) is 0.528. The number of benzene rings is 2. The maximum absolute atomic E-state index is 13.4. The summed E-state index contributed by atoms with van der Waals surface area (Å²) >= 11 is 0. The summed E-state index contributed by atoms with van der Waals surface area (Å²) < 4.78 is 0. The van der Waals surface area contributed by atoms with E-state index < -0.39 is 0 Å². The van der Waals surface area contributed by atoms with Gasteiger partial charge in [0.05, 0.1) is 12.6 Å². The van der Waals surface area contributed by atoms with Crippen LogP contribution in [0, 0.1) is 0 Å². The first-order chi connectivity index (χ1) is 18.0. The van der Waals surface area contributed by atoms with Gasteiger partial charge in [0.15, 0.2) is 0 Å². The lowest BCUT2D eigenvalue weighted by atomic mass is 9.98. The number of aromatic nitrogens is 2. The Bertz CT molecular complexity index is 1220. The number of rotatable bonds is 7. The Labute approximate surface area is 218 Å². The molecule has 0 atom stereocenters. The Balaban J connectivity index is 1.53. The molecule has 3 heterocycles. The zero-order valence-electron chi connectivity index (χ0n) is 21.7. The molecular formula is C29H34N6O2. The van der Waals surface area contributed by atoms with E-state index in [2.05, 4.69) is 34.5 Å². The maximum atomic E-state index is 13.4. The molecule has 192 valence electrons. The minimum Gasteiger partial charge on any atom is -0.359 e. The van der Waals surface area contributed by atoms with E-state index in [4.69, 9.17) is 9.97 Å². The summed E-state index contributed by atoms with van der Waals surface area (Å²) in [5.41, 5.74) is 3.52. The zero-order valence-corrected chi connectivity index (χ0v) is 21.7. The van der Waals surface area contributed by atoms with Gasteiger partial charge < -0.3 is 20.0 Å². The number of carbonyl (C=O) groups is 2. The second-order valence-electron chi connectivity index (χ2n) is 9.85. The van der Waals surface area contributed by atoms with Crippen molar-refractivity contribution in [3.05, 3.63) is 83.0 Å². The third-order valence-corrected chi connectivity index (χ3v) is 7.18. The Morgan fingerprint density at radius 3 is 2.05 bits per heavy atom. The highest BCUT2D eigenvalue weighted by Gasteiger charge is 2.36. The van der Waals surface area contributed by atoms with E-state index >= 15 is 0 Å². The number of fused-ring (bicyclic) bond motifs is 1. The van der Waals surface area contributed by atoms with Gasteiger partial charge in [0.2, 0.25) is 11.9 Å². The lowest BCUT2D eigenvalue weighted by Gasteiger charge is -2.35. The minimum absolute atomic E-state index is 0.0562.